The molecule has 1 aromatic carbocycles. The molecular weight excluding hydrogens is 271 g/mol. The summed E-state index contributed by atoms with van der Waals surface area (Å²) in [6.45, 7) is 5.34. The molecule has 0 spiro atoms. The zero-order valence-corrected chi connectivity index (χ0v) is 12.3. The van der Waals surface area contributed by atoms with E-state index < -0.39 is 21.4 Å². The summed E-state index contributed by atoms with van der Waals surface area (Å²) < 4.78 is 45.2. The maximum absolute atomic E-state index is 13.7. The van der Waals surface area contributed by atoms with Crippen LogP contribution in [0.1, 0.15) is 27.2 Å². The van der Waals surface area contributed by atoms with Crippen LogP contribution in [-0.2, 0) is 10.0 Å². The average molecular weight is 290 g/mol. The Hall–Kier alpha value is -1.34. The third-order valence-electron chi connectivity index (χ3n) is 2.85. The molecule has 5 nitrogen and oxygen atoms in total. The van der Waals surface area contributed by atoms with E-state index in [-0.39, 0.29) is 16.3 Å². The molecule has 0 unspecified atom stereocenters. The van der Waals surface area contributed by atoms with Crippen LogP contribution < -0.4 is 15.2 Å². The van der Waals surface area contributed by atoms with Crippen LogP contribution in [0.3, 0.4) is 0 Å². The highest BCUT2D eigenvalue weighted by molar-refractivity contribution is 7.89. The Morgan fingerprint density at radius 3 is 2.42 bits per heavy atom. The molecule has 0 aliphatic heterocycles. The number of hydrogen-bond acceptors (Lipinski definition) is 4. The maximum Gasteiger partial charge on any atom is 0.241 e. The molecule has 19 heavy (non-hydrogen) atoms. The van der Waals surface area contributed by atoms with Crippen LogP contribution in [0.4, 0.5) is 10.1 Å². The molecule has 0 aromatic heterocycles. The van der Waals surface area contributed by atoms with Crippen molar-refractivity contribution in [3.8, 4) is 5.75 Å². The summed E-state index contributed by atoms with van der Waals surface area (Å²) in [5.74, 6) is -0.967. The monoisotopic (exact) mass is 290 g/mol. The number of rotatable bonds is 5. The van der Waals surface area contributed by atoms with Crippen molar-refractivity contribution in [2.24, 2.45) is 0 Å². The van der Waals surface area contributed by atoms with Gasteiger partial charge >= 0.3 is 0 Å². The molecule has 0 saturated carbocycles. The van der Waals surface area contributed by atoms with Crippen molar-refractivity contribution < 1.29 is 17.5 Å². The molecule has 7 heteroatoms. The molecule has 1 aromatic rings. The van der Waals surface area contributed by atoms with Crippen molar-refractivity contribution in [3.63, 3.8) is 0 Å². The minimum absolute atomic E-state index is 0.0582. The maximum atomic E-state index is 13.7. The van der Waals surface area contributed by atoms with Crippen molar-refractivity contribution in [2.75, 3.05) is 12.8 Å². The Balaban J connectivity index is 3.24. The topological polar surface area (TPSA) is 81.4 Å². The molecule has 0 fully saturated rings. The summed E-state index contributed by atoms with van der Waals surface area (Å²) in [4.78, 5) is -0.218. The number of anilines is 1. The normalized spacial score (nSPS) is 12.5. The zero-order chi connectivity index (χ0) is 14.8. The Kier molecular flexibility index (Phi) is 4.42. The van der Waals surface area contributed by atoms with Crippen molar-refractivity contribution in [1.29, 1.82) is 0 Å². The van der Waals surface area contributed by atoms with Crippen LogP contribution in [0.25, 0.3) is 0 Å². The lowest BCUT2D eigenvalue weighted by molar-refractivity contribution is 0.387. The van der Waals surface area contributed by atoms with E-state index in [4.69, 9.17) is 10.5 Å². The molecule has 0 bridgehead atoms. The summed E-state index contributed by atoms with van der Waals surface area (Å²) >= 11 is 0. The first-order valence-corrected chi connectivity index (χ1v) is 7.28. The van der Waals surface area contributed by atoms with Crippen LogP contribution in [0.5, 0.6) is 5.75 Å². The van der Waals surface area contributed by atoms with Gasteiger partial charge < -0.3 is 10.5 Å². The molecule has 3 N–H and O–H groups in total. The lowest BCUT2D eigenvalue weighted by atomic mass is 10.0. The number of benzene rings is 1. The molecule has 0 heterocycles. The lowest BCUT2D eigenvalue weighted by Crippen LogP contribution is -2.42. The Labute approximate surface area is 113 Å². The van der Waals surface area contributed by atoms with Gasteiger partial charge in [0.25, 0.3) is 0 Å². The van der Waals surface area contributed by atoms with Crippen molar-refractivity contribution in [3.05, 3.63) is 17.9 Å². The largest absolute Gasteiger partial charge is 0.492 e. The third-order valence-corrected chi connectivity index (χ3v) is 4.53. The SMILES string of the molecule is CCC(C)(C)NS(=O)(=O)c1cc(N)c(OC)c(F)c1. The number of hydrogen-bond donors (Lipinski definition) is 2. The number of ether oxygens (including phenoxy) is 1. The van der Waals surface area contributed by atoms with E-state index in [1.54, 1.807) is 13.8 Å². The molecule has 0 atom stereocenters. The number of nitrogens with two attached hydrogens (primary N) is 1. The van der Waals surface area contributed by atoms with Gasteiger partial charge in [0.05, 0.1) is 17.7 Å². The number of methoxy groups -OCH3 is 1. The van der Waals surface area contributed by atoms with Gasteiger partial charge in [-0.2, -0.15) is 0 Å². The van der Waals surface area contributed by atoms with Gasteiger partial charge in [-0.3, -0.25) is 0 Å². The lowest BCUT2D eigenvalue weighted by Gasteiger charge is -2.24. The first-order chi connectivity index (χ1) is 8.63. The van der Waals surface area contributed by atoms with E-state index in [9.17, 15) is 12.8 Å². The molecule has 0 amide bonds. The smallest absolute Gasteiger partial charge is 0.241 e. The van der Waals surface area contributed by atoms with E-state index >= 15 is 0 Å². The molecular formula is C12H19FN2O3S. The number of sulfonamides is 1. The van der Waals surface area contributed by atoms with E-state index in [0.717, 1.165) is 6.07 Å². The van der Waals surface area contributed by atoms with Crippen molar-refractivity contribution in [2.45, 2.75) is 37.6 Å². The number of halogens is 1. The van der Waals surface area contributed by atoms with Gasteiger partial charge in [-0.1, -0.05) is 6.92 Å². The minimum atomic E-state index is -3.83. The quantitative estimate of drug-likeness (QED) is 0.811. The fourth-order valence-electron chi connectivity index (χ4n) is 1.45. The second-order valence-electron chi connectivity index (χ2n) is 4.87. The van der Waals surface area contributed by atoms with Gasteiger partial charge in [-0.15, -0.1) is 0 Å². The second-order valence-corrected chi connectivity index (χ2v) is 6.55. The predicted molar refractivity (Wildman–Crippen MR) is 72.1 cm³/mol. The molecule has 1 rings (SSSR count). The highest BCUT2D eigenvalue weighted by Gasteiger charge is 2.26. The van der Waals surface area contributed by atoms with Crippen LogP contribution >= 0.6 is 0 Å². The highest BCUT2D eigenvalue weighted by atomic mass is 32.2. The third kappa shape index (κ3) is 3.57. The molecule has 0 radical (unpaired) electrons. The molecule has 0 aliphatic rings. The number of nitrogens with one attached hydrogen (secondary N) is 1. The van der Waals surface area contributed by atoms with Crippen LogP contribution in [-0.4, -0.2) is 21.1 Å². The van der Waals surface area contributed by atoms with Crippen molar-refractivity contribution >= 4 is 15.7 Å². The molecule has 0 saturated heterocycles. The van der Waals surface area contributed by atoms with Gasteiger partial charge in [0.1, 0.15) is 0 Å². The van der Waals surface area contributed by atoms with Crippen LogP contribution in [0.2, 0.25) is 0 Å². The van der Waals surface area contributed by atoms with E-state index in [2.05, 4.69) is 4.72 Å². The summed E-state index contributed by atoms with van der Waals surface area (Å²) in [6.07, 6.45) is 0.598. The summed E-state index contributed by atoms with van der Waals surface area (Å²) in [5, 5.41) is 0. The molecule has 0 aliphatic carbocycles. The number of nitrogen functional groups attached to an aromatic ring is 1. The van der Waals surface area contributed by atoms with Gasteiger partial charge in [-0.05, 0) is 32.4 Å². The van der Waals surface area contributed by atoms with Gasteiger partial charge in [0.2, 0.25) is 10.0 Å². The first-order valence-electron chi connectivity index (χ1n) is 5.80. The van der Waals surface area contributed by atoms with Crippen molar-refractivity contribution in [1.82, 2.24) is 4.72 Å². The highest BCUT2D eigenvalue weighted by Crippen LogP contribution is 2.29. The van der Waals surface area contributed by atoms with E-state index in [0.29, 0.717) is 6.42 Å². The standard InChI is InChI=1S/C12H19FN2O3S/c1-5-12(2,3)15-19(16,17)8-6-9(13)11(18-4)10(14)7-8/h6-7,15H,5,14H2,1-4H3. The summed E-state index contributed by atoms with van der Waals surface area (Å²) in [7, 11) is -2.56. The van der Waals surface area contributed by atoms with Crippen LogP contribution in [0, 0.1) is 5.82 Å². The zero-order valence-electron chi connectivity index (χ0n) is 11.5. The summed E-state index contributed by atoms with van der Waals surface area (Å²) in [5.41, 5.74) is 4.89. The van der Waals surface area contributed by atoms with Crippen LogP contribution in [0.15, 0.2) is 17.0 Å². The Morgan fingerprint density at radius 2 is 2.00 bits per heavy atom. The van der Waals surface area contributed by atoms with E-state index in [1.165, 1.54) is 13.2 Å². The molecule has 108 valence electrons. The van der Waals surface area contributed by atoms with Gasteiger partial charge in [0.15, 0.2) is 11.6 Å². The predicted octanol–water partition coefficient (Wildman–Crippen LogP) is 1.88. The average Bonchev–Trinajstić information content (AvgIpc) is 2.27. The van der Waals surface area contributed by atoms with Gasteiger partial charge in [0, 0.05) is 5.54 Å². The van der Waals surface area contributed by atoms with E-state index in [1.807, 2.05) is 6.92 Å². The Bertz CT molecular complexity index is 547. The van der Waals surface area contributed by atoms with Gasteiger partial charge in [-0.25, -0.2) is 17.5 Å². The summed E-state index contributed by atoms with van der Waals surface area (Å²) in [6, 6.07) is 2.07. The first kappa shape index (κ1) is 15.7. The fraction of sp³-hybridized carbons (Fsp3) is 0.500. The second kappa shape index (κ2) is 5.34. The minimum Gasteiger partial charge on any atom is -0.492 e. The Morgan fingerprint density at radius 1 is 1.42 bits per heavy atom. The fourth-order valence-corrected chi connectivity index (χ4v) is 2.98.